The zero-order chi connectivity index (χ0) is 21.7. The zero-order valence-electron chi connectivity index (χ0n) is 16.0. The van der Waals surface area contributed by atoms with E-state index in [4.69, 9.17) is 14.2 Å². The van der Waals surface area contributed by atoms with E-state index in [1.165, 1.54) is 24.5 Å². The van der Waals surface area contributed by atoms with Crippen molar-refractivity contribution in [2.24, 2.45) is 0 Å². The Morgan fingerprint density at radius 1 is 1.03 bits per heavy atom. The third-order valence-corrected chi connectivity index (χ3v) is 4.73. The Hall–Kier alpha value is -3.79. The molecule has 0 aliphatic carbocycles. The van der Waals surface area contributed by atoms with Gasteiger partial charge in [0, 0.05) is 10.9 Å². The van der Waals surface area contributed by atoms with Crippen LogP contribution in [0.4, 0.5) is 5.13 Å². The number of nitrogens with one attached hydrogen (secondary N) is 1. The molecule has 0 aliphatic rings. The van der Waals surface area contributed by atoms with E-state index in [-0.39, 0.29) is 11.3 Å². The van der Waals surface area contributed by atoms with Crippen LogP contribution in [-0.4, -0.2) is 47.9 Å². The zero-order valence-corrected chi connectivity index (χ0v) is 16.9. The number of ether oxygens (including phenoxy) is 3. The average Bonchev–Trinajstić information content (AvgIpc) is 3.21. The van der Waals surface area contributed by atoms with Crippen LogP contribution in [0.15, 0.2) is 41.8 Å². The summed E-state index contributed by atoms with van der Waals surface area (Å²) in [6.07, 6.45) is 0. The Morgan fingerprint density at radius 3 is 2.50 bits per heavy atom. The molecule has 0 radical (unpaired) electrons. The molecule has 0 saturated heterocycles. The van der Waals surface area contributed by atoms with Crippen LogP contribution in [-0.2, 0) is 9.53 Å². The molecule has 1 amide bonds. The molecule has 0 bridgehead atoms. The first-order chi connectivity index (χ1) is 14.4. The highest BCUT2D eigenvalue weighted by atomic mass is 32.1. The van der Waals surface area contributed by atoms with Gasteiger partial charge in [0.15, 0.2) is 34.7 Å². The lowest BCUT2D eigenvalue weighted by Gasteiger charge is -2.08. The van der Waals surface area contributed by atoms with Crippen LogP contribution >= 0.6 is 11.3 Å². The van der Waals surface area contributed by atoms with Crippen LogP contribution in [0.2, 0.25) is 0 Å². The summed E-state index contributed by atoms with van der Waals surface area (Å²) in [5.41, 5.74) is 1.42. The number of methoxy groups -OCH3 is 2. The second-order valence-corrected chi connectivity index (χ2v) is 6.79. The summed E-state index contributed by atoms with van der Waals surface area (Å²) in [7, 11) is 3.08. The van der Waals surface area contributed by atoms with Gasteiger partial charge in [-0.15, -0.1) is 11.3 Å². The molecule has 1 aromatic heterocycles. The van der Waals surface area contributed by atoms with Crippen molar-refractivity contribution in [2.75, 3.05) is 26.1 Å². The van der Waals surface area contributed by atoms with E-state index in [0.29, 0.717) is 22.3 Å². The summed E-state index contributed by atoms with van der Waals surface area (Å²) in [6, 6.07) is 8.81. The summed E-state index contributed by atoms with van der Waals surface area (Å²) in [6.45, 7) is -0.536. The number of esters is 1. The summed E-state index contributed by atoms with van der Waals surface area (Å²) in [5.74, 6) is -1.06. The molecule has 0 spiro atoms. The minimum Gasteiger partial charge on any atom is -0.504 e. The van der Waals surface area contributed by atoms with Crippen molar-refractivity contribution in [1.82, 2.24) is 4.98 Å². The van der Waals surface area contributed by atoms with Gasteiger partial charge in [0.1, 0.15) is 0 Å². The van der Waals surface area contributed by atoms with E-state index >= 15 is 0 Å². The van der Waals surface area contributed by atoms with Gasteiger partial charge in [-0.25, -0.2) is 9.78 Å². The van der Waals surface area contributed by atoms with E-state index in [2.05, 4.69) is 10.3 Å². The fourth-order valence-electron chi connectivity index (χ4n) is 2.48. The SMILES string of the molecule is COc1ccc(-c2csc(NC(=O)COC(=O)c3ccc(O)c(O)c3)n2)cc1OC. The maximum absolute atomic E-state index is 12.1. The Kier molecular flexibility index (Phi) is 6.38. The lowest BCUT2D eigenvalue weighted by Crippen LogP contribution is -2.20. The number of aromatic nitrogens is 1. The van der Waals surface area contributed by atoms with Gasteiger partial charge >= 0.3 is 5.97 Å². The molecule has 10 heteroatoms. The number of hydrogen-bond donors (Lipinski definition) is 3. The Bertz CT molecular complexity index is 1080. The van der Waals surface area contributed by atoms with Crippen molar-refractivity contribution in [3.05, 3.63) is 47.3 Å². The maximum atomic E-state index is 12.1. The number of phenols is 2. The summed E-state index contributed by atoms with van der Waals surface area (Å²) < 4.78 is 15.4. The van der Waals surface area contributed by atoms with Gasteiger partial charge in [-0.2, -0.15) is 0 Å². The number of carbonyl (C=O) groups excluding carboxylic acids is 2. The van der Waals surface area contributed by atoms with Gasteiger partial charge in [0.2, 0.25) is 0 Å². The molecule has 3 N–H and O–H groups in total. The quantitative estimate of drug-likeness (QED) is 0.386. The van der Waals surface area contributed by atoms with Crippen LogP contribution in [0.1, 0.15) is 10.4 Å². The molecular formula is C20H18N2O7S. The highest BCUT2D eigenvalue weighted by Gasteiger charge is 2.14. The van der Waals surface area contributed by atoms with Crippen LogP contribution in [0.25, 0.3) is 11.3 Å². The number of nitrogens with zero attached hydrogens (tertiary/aromatic N) is 1. The predicted octanol–water partition coefficient (Wildman–Crippen LogP) is 3.03. The molecule has 156 valence electrons. The number of thiazole rings is 1. The Labute approximate surface area is 175 Å². The van der Waals surface area contributed by atoms with E-state index in [0.717, 1.165) is 17.7 Å². The monoisotopic (exact) mass is 430 g/mol. The normalized spacial score (nSPS) is 10.3. The molecule has 0 fully saturated rings. The molecule has 3 rings (SSSR count). The number of amides is 1. The van der Waals surface area contributed by atoms with Crippen molar-refractivity contribution in [1.29, 1.82) is 0 Å². The van der Waals surface area contributed by atoms with E-state index in [9.17, 15) is 19.8 Å². The van der Waals surface area contributed by atoms with Crippen molar-refractivity contribution in [3.63, 3.8) is 0 Å². The highest BCUT2D eigenvalue weighted by Crippen LogP contribution is 2.33. The first kappa shape index (κ1) is 20.9. The number of anilines is 1. The Balaban J connectivity index is 1.59. The van der Waals surface area contributed by atoms with Crippen molar-refractivity contribution in [2.45, 2.75) is 0 Å². The summed E-state index contributed by atoms with van der Waals surface area (Å²) >= 11 is 1.21. The van der Waals surface area contributed by atoms with Gasteiger partial charge in [-0.05, 0) is 36.4 Å². The third kappa shape index (κ3) is 4.78. The van der Waals surface area contributed by atoms with Gasteiger partial charge in [0.05, 0.1) is 25.5 Å². The molecule has 1 heterocycles. The van der Waals surface area contributed by atoms with E-state index < -0.39 is 24.2 Å². The highest BCUT2D eigenvalue weighted by molar-refractivity contribution is 7.14. The third-order valence-electron chi connectivity index (χ3n) is 3.98. The minimum absolute atomic E-state index is 0.00286. The van der Waals surface area contributed by atoms with E-state index in [1.807, 2.05) is 6.07 Å². The number of hydrogen-bond acceptors (Lipinski definition) is 9. The number of carbonyl (C=O) groups is 2. The largest absolute Gasteiger partial charge is 0.504 e. The topological polar surface area (TPSA) is 127 Å². The Morgan fingerprint density at radius 2 is 1.80 bits per heavy atom. The average molecular weight is 430 g/mol. The molecule has 0 atom stereocenters. The van der Waals surface area contributed by atoms with E-state index in [1.54, 1.807) is 24.6 Å². The first-order valence-corrected chi connectivity index (χ1v) is 9.46. The van der Waals surface area contributed by atoms with Gasteiger partial charge in [-0.3, -0.25) is 10.1 Å². The maximum Gasteiger partial charge on any atom is 0.338 e. The molecule has 3 aromatic rings. The van der Waals surface area contributed by atoms with Crippen LogP contribution in [0.5, 0.6) is 23.0 Å². The molecule has 0 saturated carbocycles. The number of phenolic OH excluding ortho intramolecular Hbond substituents is 2. The first-order valence-electron chi connectivity index (χ1n) is 8.58. The van der Waals surface area contributed by atoms with Crippen LogP contribution < -0.4 is 14.8 Å². The van der Waals surface area contributed by atoms with Gasteiger partial charge in [-0.1, -0.05) is 0 Å². The number of rotatable bonds is 7. The van der Waals surface area contributed by atoms with Gasteiger partial charge in [0.25, 0.3) is 5.91 Å². The summed E-state index contributed by atoms with van der Waals surface area (Å²) in [5, 5.41) is 23.3. The van der Waals surface area contributed by atoms with Crippen LogP contribution in [0, 0.1) is 0 Å². The lowest BCUT2D eigenvalue weighted by molar-refractivity contribution is -0.119. The summed E-state index contributed by atoms with van der Waals surface area (Å²) in [4.78, 5) is 28.3. The molecular weight excluding hydrogens is 412 g/mol. The lowest BCUT2D eigenvalue weighted by atomic mass is 10.1. The fraction of sp³-hybridized carbons (Fsp3) is 0.150. The second-order valence-electron chi connectivity index (χ2n) is 5.94. The van der Waals surface area contributed by atoms with Crippen molar-refractivity contribution in [3.8, 4) is 34.3 Å². The van der Waals surface area contributed by atoms with Crippen molar-refractivity contribution >= 4 is 28.3 Å². The second kappa shape index (κ2) is 9.14. The smallest absolute Gasteiger partial charge is 0.338 e. The minimum atomic E-state index is -0.814. The number of aromatic hydroxyl groups is 2. The molecule has 2 aromatic carbocycles. The van der Waals surface area contributed by atoms with Crippen molar-refractivity contribution < 1.29 is 34.0 Å². The molecule has 9 nitrogen and oxygen atoms in total. The van der Waals surface area contributed by atoms with Crippen LogP contribution in [0.3, 0.4) is 0 Å². The van der Waals surface area contributed by atoms with Gasteiger partial charge < -0.3 is 24.4 Å². The number of benzene rings is 2. The molecule has 0 unspecified atom stereocenters. The molecule has 0 aliphatic heterocycles. The molecule has 30 heavy (non-hydrogen) atoms. The predicted molar refractivity (Wildman–Crippen MR) is 109 cm³/mol. The fourth-order valence-corrected chi connectivity index (χ4v) is 3.22. The standard InChI is InChI=1S/C20H18N2O7S/c1-27-16-6-4-11(8-17(16)28-2)13-10-30-20(21-13)22-18(25)9-29-19(26)12-3-5-14(23)15(24)7-12/h3-8,10,23-24H,9H2,1-2H3,(H,21,22,25).